The minimum absolute atomic E-state index is 0.194. The lowest BCUT2D eigenvalue weighted by Crippen LogP contribution is -2.47. The van der Waals surface area contributed by atoms with Crippen molar-refractivity contribution >= 4 is 34.9 Å². The molecule has 9 heteroatoms. The number of carbonyl (C=O) groups is 3. The highest BCUT2D eigenvalue weighted by molar-refractivity contribution is 7.12. The van der Waals surface area contributed by atoms with Gasteiger partial charge in [-0.15, -0.1) is 11.3 Å². The Balaban J connectivity index is 1.56. The van der Waals surface area contributed by atoms with Crippen LogP contribution in [-0.4, -0.2) is 42.5 Å². The van der Waals surface area contributed by atoms with Gasteiger partial charge < -0.3 is 20.1 Å². The third-order valence-corrected chi connectivity index (χ3v) is 6.64. The van der Waals surface area contributed by atoms with Gasteiger partial charge in [0, 0.05) is 12.2 Å². The number of carbonyl (C=O) groups excluding carboxylic acids is 3. The van der Waals surface area contributed by atoms with E-state index in [2.05, 4.69) is 10.6 Å². The first-order valence-electron chi connectivity index (χ1n) is 11.7. The molecule has 0 aliphatic carbocycles. The van der Waals surface area contributed by atoms with Crippen LogP contribution in [0.1, 0.15) is 40.8 Å². The number of anilines is 1. The molecule has 36 heavy (non-hydrogen) atoms. The fourth-order valence-corrected chi connectivity index (χ4v) is 4.56. The molecule has 2 unspecified atom stereocenters. The van der Waals surface area contributed by atoms with E-state index in [1.165, 1.54) is 16.2 Å². The molecule has 3 amide bonds. The van der Waals surface area contributed by atoms with Gasteiger partial charge in [0.25, 0.3) is 5.91 Å². The molecule has 0 saturated carbocycles. The van der Waals surface area contributed by atoms with Gasteiger partial charge in [0.05, 0.1) is 18.5 Å². The highest BCUT2D eigenvalue weighted by Gasteiger charge is 2.47. The summed E-state index contributed by atoms with van der Waals surface area (Å²) >= 11 is 1.36. The second-order valence-electron chi connectivity index (χ2n) is 8.92. The molecular weight excluding hydrogens is 478 g/mol. The molecule has 2 heterocycles. The Labute approximate surface area is 214 Å². The van der Waals surface area contributed by atoms with Crippen LogP contribution in [0.15, 0.2) is 66.0 Å². The second-order valence-corrected chi connectivity index (χ2v) is 9.87. The van der Waals surface area contributed by atoms with Crippen molar-refractivity contribution in [2.24, 2.45) is 5.92 Å². The summed E-state index contributed by atoms with van der Waals surface area (Å²) < 4.78 is 11.0. The van der Waals surface area contributed by atoms with Crippen LogP contribution in [0.5, 0.6) is 5.75 Å². The van der Waals surface area contributed by atoms with Gasteiger partial charge in [0.1, 0.15) is 5.75 Å². The fourth-order valence-electron chi connectivity index (χ4n) is 3.94. The van der Waals surface area contributed by atoms with E-state index in [1.54, 1.807) is 37.4 Å². The summed E-state index contributed by atoms with van der Waals surface area (Å²) in [5.41, 5.74) is 2.09. The first-order chi connectivity index (χ1) is 17.4. The number of hydrogen-bond acceptors (Lipinski definition) is 6. The number of rotatable bonds is 9. The zero-order chi connectivity index (χ0) is 25.7. The first-order valence-corrected chi connectivity index (χ1v) is 12.6. The van der Waals surface area contributed by atoms with Crippen LogP contribution >= 0.6 is 11.3 Å². The Morgan fingerprint density at radius 3 is 2.56 bits per heavy atom. The Bertz CT molecular complexity index is 1210. The molecule has 1 fully saturated rings. The van der Waals surface area contributed by atoms with Gasteiger partial charge in [0.2, 0.25) is 5.91 Å². The number of thiophene rings is 1. The van der Waals surface area contributed by atoms with Gasteiger partial charge in [-0.1, -0.05) is 44.2 Å². The van der Waals surface area contributed by atoms with Gasteiger partial charge >= 0.3 is 6.09 Å². The molecule has 1 aliphatic rings. The highest BCUT2D eigenvalue weighted by atomic mass is 32.1. The molecule has 4 rings (SSSR count). The molecule has 3 aromatic rings. The smallest absolute Gasteiger partial charge is 0.411 e. The van der Waals surface area contributed by atoms with E-state index in [0.717, 1.165) is 5.56 Å². The van der Waals surface area contributed by atoms with Crippen molar-refractivity contribution < 1.29 is 23.9 Å². The Morgan fingerprint density at radius 2 is 1.89 bits per heavy atom. The summed E-state index contributed by atoms with van der Waals surface area (Å²) in [4.78, 5) is 40.6. The van der Waals surface area contributed by atoms with E-state index >= 15 is 0 Å². The number of methoxy groups -OCH3 is 1. The molecule has 188 valence electrons. The molecule has 2 aromatic carbocycles. The first kappa shape index (κ1) is 25.2. The molecular formula is C27H29N3O5S. The lowest BCUT2D eigenvalue weighted by molar-refractivity contribution is -0.126. The van der Waals surface area contributed by atoms with Crippen LogP contribution in [0.25, 0.3) is 0 Å². The van der Waals surface area contributed by atoms with Crippen molar-refractivity contribution in [2.75, 3.05) is 19.0 Å². The number of benzene rings is 2. The van der Waals surface area contributed by atoms with Crippen LogP contribution in [-0.2, 0) is 16.1 Å². The number of cyclic esters (lactones) is 1. The number of nitrogens with one attached hydrogen (secondary N) is 2. The van der Waals surface area contributed by atoms with E-state index in [4.69, 9.17) is 9.47 Å². The summed E-state index contributed by atoms with van der Waals surface area (Å²) in [6.07, 6.45) is -1.36. The topological polar surface area (TPSA) is 97.0 Å². The van der Waals surface area contributed by atoms with Crippen molar-refractivity contribution in [3.8, 4) is 5.75 Å². The fraction of sp³-hybridized carbons (Fsp3) is 0.296. The maximum Gasteiger partial charge on any atom is 0.411 e. The van der Waals surface area contributed by atoms with E-state index in [-0.39, 0.29) is 24.3 Å². The predicted octanol–water partition coefficient (Wildman–Crippen LogP) is 4.84. The van der Waals surface area contributed by atoms with Crippen molar-refractivity contribution in [1.82, 2.24) is 10.2 Å². The van der Waals surface area contributed by atoms with E-state index < -0.39 is 18.2 Å². The van der Waals surface area contributed by atoms with Gasteiger partial charge in [-0.25, -0.2) is 4.79 Å². The summed E-state index contributed by atoms with van der Waals surface area (Å²) in [6, 6.07) is 17.1. The highest BCUT2D eigenvalue weighted by Crippen LogP contribution is 2.35. The van der Waals surface area contributed by atoms with Crippen LogP contribution in [0, 0.1) is 5.92 Å². The van der Waals surface area contributed by atoms with Crippen LogP contribution in [0.3, 0.4) is 0 Å². The number of nitrogens with zero attached hydrogens (tertiary/aromatic N) is 1. The summed E-state index contributed by atoms with van der Waals surface area (Å²) in [6.45, 7) is 4.69. The van der Waals surface area contributed by atoms with Crippen LogP contribution in [0.2, 0.25) is 0 Å². The number of amides is 3. The van der Waals surface area contributed by atoms with Crippen molar-refractivity contribution in [2.45, 2.75) is 32.5 Å². The quantitative estimate of drug-likeness (QED) is 0.432. The maximum atomic E-state index is 13.3. The minimum Gasteiger partial charge on any atom is -0.497 e. The van der Waals surface area contributed by atoms with Crippen molar-refractivity contribution in [1.29, 1.82) is 0 Å². The van der Waals surface area contributed by atoms with E-state index in [9.17, 15) is 14.4 Å². The Kier molecular flexibility index (Phi) is 7.90. The molecule has 0 spiro atoms. The third kappa shape index (κ3) is 5.85. The third-order valence-electron chi connectivity index (χ3n) is 5.77. The van der Waals surface area contributed by atoms with Gasteiger partial charge in [0.15, 0.2) is 12.1 Å². The summed E-state index contributed by atoms with van der Waals surface area (Å²) in [5, 5.41) is 7.64. The van der Waals surface area contributed by atoms with Gasteiger partial charge in [-0.05, 0) is 52.8 Å². The molecule has 0 radical (unpaired) electrons. The maximum absolute atomic E-state index is 13.3. The van der Waals surface area contributed by atoms with Crippen LogP contribution < -0.4 is 15.4 Å². The SMILES string of the molecule is COc1cccc(CN2C(=O)OC(c3ccc(NC(=O)c4cccs4)cc3)C2C(=O)NCC(C)C)c1. The monoisotopic (exact) mass is 507 g/mol. The Morgan fingerprint density at radius 1 is 1.11 bits per heavy atom. The molecule has 8 nitrogen and oxygen atoms in total. The Hall–Kier alpha value is -3.85. The lowest BCUT2D eigenvalue weighted by Gasteiger charge is -2.25. The molecule has 1 aromatic heterocycles. The van der Waals surface area contributed by atoms with Crippen molar-refractivity contribution in [3.05, 3.63) is 82.0 Å². The molecule has 1 aliphatic heterocycles. The number of hydrogen-bond donors (Lipinski definition) is 2. The second kappa shape index (κ2) is 11.3. The standard InChI is InChI=1S/C27H29N3O5S/c1-17(2)15-28-26(32)23-24(35-27(33)30(23)16-18-6-4-7-21(14-18)34-3)19-9-11-20(12-10-19)29-25(31)22-8-5-13-36-22/h4-14,17,23-24H,15-16H2,1-3H3,(H,28,32)(H,29,31). The lowest BCUT2D eigenvalue weighted by atomic mass is 10.00. The largest absolute Gasteiger partial charge is 0.497 e. The van der Waals surface area contributed by atoms with Crippen LogP contribution in [0.4, 0.5) is 10.5 Å². The molecule has 1 saturated heterocycles. The summed E-state index contributed by atoms with van der Waals surface area (Å²) in [7, 11) is 1.58. The van der Waals surface area contributed by atoms with E-state index in [1.807, 2.05) is 49.6 Å². The zero-order valence-corrected chi connectivity index (χ0v) is 21.2. The number of ether oxygens (including phenoxy) is 2. The van der Waals surface area contributed by atoms with Gasteiger partial charge in [-0.2, -0.15) is 0 Å². The molecule has 0 bridgehead atoms. The average molecular weight is 508 g/mol. The zero-order valence-electron chi connectivity index (χ0n) is 20.4. The van der Waals surface area contributed by atoms with Crippen molar-refractivity contribution in [3.63, 3.8) is 0 Å². The van der Waals surface area contributed by atoms with Gasteiger partial charge in [-0.3, -0.25) is 14.5 Å². The van der Waals surface area contributed by atoms with E-state index in [0.29, 0.717) is 28.4 Å². The minimum atomic E-state index is -0.853. The average Bonchev–Trinajstić information content (AvgIpc) is 3.52. The predicted molar refractivity (Wildman–Crippen MR) is 138 cm³/mol. The molecule has 2 N–H and O–H groups in total. The normalized spacial score (nSPS) is 17.1. The summed E-state index contributed by atoms with van der Waals surface area (Å²) in [5.74, 6) is 0.444. The molecule has 2 atom stereocenters.